The molecular formula is C28H38N4O3S. The first-order valence-corrected chi connectivity index (χ1v) is 14.4. The number of piperidine rings is 2. The summed E-state index contributed by atoms with van der Waals surface area (Å²) in [6.07, 6.45) is 4.39. The lowest BCUT2D eigenvalue weighted by atomic mass is 9.94. The van der Waals surface area contributed by atoms with Crippen LogP contribution >= 0.6 is 11.8 Å². The van der Waals surface area contributed by atoms with Crippen molar-refractivity contribution in [2.24, 2.45) is 5.92 Å². The number of ether oxygens (including phenoxy) is 1. The molecule has 3 saturated heterocycles. The monoisotopic (exact) mass is 510 g/mol. The number of pyridine rings is 1. The molecule has 5 rings (SSSR count). The summed E-state index contributed by atoms with van der Waals surface area (Å²) in [5.74, 6) is 4.06. The number of benzene rings is 1. The van der Waals surface area contributed by atoms with E-state index in [1.807, 2.05) is 53.1 Å². The summed E-state index contributed by atoms with van der Waals surface area (Å²) in [6, 6.07) is 12.4. The highest BCUT2D eigenvalue weighted by atomic mass is 32.2. The molecule has 1 aromatic carbocycles. The first-order valence-electron chi connectivity index (χ1n) is 13.3. The highest BCUT2D eigenvalue weighted by Gasteiger charge is 2.31. The first kappa shape index (κ1) is 25.4. The molecule has 0 bridgehead atoms. The Morgan fingerprint density at radius 3 is 2.58 bits per heavy atom. The lowest BCUT2D eigenvalue weighted by Crippen LogP contribution is -2.49. The van der Waals surface area contributed by atoms with Gasteiger partial charge in [-0.1, -0.05) is 12.1 Å². The summed E-state index contributed by atoms with van der Waals surface area (Å²) in [5, 5.41) is 9.66. The maximum absolute atomic E-state index is 13.6. The molecular weight excluding hydrogens is 472 g/mol. The fraction of sp³-hybridized carbons (Fsp3) is 0.571. The molecule has 0 saturated carbocycles. The predicted octanol–water partition coefficient (Wildman–Crippen LogP) is 3.62. The third-order valence-corrected chi connectivity index (χ3v) is 8.82. The zero-order chi connectivity index (χ0) is 24.9. The fourth-order valence-corrected chi connectivity index (χ4v) is 6.72. The zero-order valence-electron chi connectivity index (χ0n) is 21.3. The number of carbonyl (C=O) groups excluding carboxylic acids is 1. The number of hydrogen-bond donors (Lipinski definition) is 1. The molecule has 7 nitrogen and oxygen atoms in total. The Bertz CT molecular complexity index is 1040. The number of hydrogen-bond acceptors (Lipinski definition) is 7. The number of methoxy groups -OCH3 is 1. The number of nitrogens with zero attached hydrogens (tertiary/aromatic N) is 4. The molecule has 3 aliphatic heterocycles. The van der Waals surface area contributed by atoms with E-state index in [-0.39, 0.29) is 12.5 Å². The molecule has 0 aliphatic carbocycles. The number of aromatic nitrogens is 1. The fourth-order valence-electron chi connectivity index (χ4n) is 5.82. The van der Waals surface area contributed by atoms with E-state index in [4.69, 9.17) is 9.72 Å². The number of rotatable bonds is 6. The Labute approximate surface area is 218 Å². The maximum atomic E-state index is 13.6. The van der Waals surface area contributed by atoms with E-state index in [0.29, 0.717) is 17.5 Å². The Kier molecular flexibility index (Phi) is 8.34. The highest BCUT2D eigenvalue weighted by Crippen LogP contribution is 2.33. The number of carbonyl (C=O) groups is 1. The first-order chi connectivity index (χ1) is 17.7. The molecule has 194 valence electrons. The minimum atomic E-state index is 0.0910. The van der Waals surface area contributed by atoms with Crippen LogP contribution in [0.5, 0.6) is 5.75 Å². The highest BCUT2D eigenvalue weighted by molar-refractivity contribution is 7.99. The second-order valence-electron chi connectivity index (χ2n) is 10.1. The summed E-state index contributed by atoms with van der Waals surface area (Å²) >= 11 is 1.91. The molecule has 4 heterocycles. The van der Waals surface area contributed by atoms with E-state index in [9.17, 15) is 9.90 Å². The van der Waals surface area contributed by atoms with Crippen LogP contribution in [0.2, 0.25) is 0 Å². The van der Waals surface area contributed by atoms with Gasteiger partial charge in [0.25, 0.3) is 5.91 Å². The van der Waals surface area contributed by atoms with Gasteiger partial charge in [-0.25, -0.2) is 4.98 Å². The van der Waals surface area contributed by atoms with Gasteiger partial charge in [0.15, 0.2) is 0 Å². The van der Waals surface area contributed by atoms with Crippen LogP contribution < -0.4 is 9.64 Å². The van der Waals surface area contributed by atoms with Crippen LogP contribution in [-0.2, 0) is 0 Å². The van der Waals surface area contributed by atoms with Crippen LogP contribution in [0.15, 0.2) is 36.4 Å². The van der Waals surface area contributed by atoms with Crippen molar-refractivity contribution in [3.63, 3.8) is 0 Å². The van der Waals surface area contributed by atoms with Gasteiger partial charge in [0, 0.05) is 62.4 Å². The number of likely N-dealkylation sites (tertiary alicyclic amines) is 1. The maximum Gasteiger partial charge on any atom is 0.257 e. The van der Waals surface area contributed by atoms with Gasteiger partial charge in [-0.15, -0.1) is 0 Å². The van der Waals surface area contributed by atoms with Crippen molar-refractivity contribution in [3.05, 3.63) is 42.0 Å². The number of thioether (sulfide) groups is 1. The molecule has 0 radical (unpaired) electrons. The van der Waals surface area contributed by atoms with E-state index >= 15 is 0 Å². The molecule has 1 aromatic heterocycles. The molecule has 1 amide bonds. The van der Waals surface area contributed by atoms with Gasteiger partial charge < -0.3 is 19.6 Å². The number of amides is 1. The third-order valence-electron chi connectivity index (χ3n) is 7.88. The van der Waals surface area contributed by atoms with Crippen LogP contribution in [-0.4, -0.2) is 96.3 Å². The molecule has 3 fully saturated rings. The van der Waals surface area contributed by atoms with Crippen molar-refractivity contribution >= 4 is 23.5 Å². The van der Waals surface area contributed by atoms with Gasteiger partial charge in [-0.05, 0) is 62.4 Å². The molecule has 1 N–H and O–H groups in total. The van der Waals surface area contributed by atoms with Gasteiger partial charge in [0.2, 0.25) is 0 Å². The zero-order valence-corrected chi connectivity index (χ0v) is 22.1. The van der Waals surface area contributed by atoms with E-state index in [1.165, 1.54) is 6.42 Å². The Morgan fingerprint density at radius 2 is 1.83 bits per heavy atom. The van der Waals surface area contributed by atoms with Crippen LogP contribution in [0.4, 0.5) is 5.82 Å². The van der Waals surface area contributed by atoms with Crippen LogP contribution in [0.25, 0.3) is 11.3 Å². The lowest BCUT2D eigenvalue weighted by molar-refractivity contribution is 0.0766. The van der Waals surface area contributed by atoms with Gasteiger partial charge in [0.1, 0.15) is 11.6 Å². The Morgan fingerprint density at radius 1 is 1.06 bits per heavy atom. The lowest BCUT2D eigenvalue weighted by Gasteiger charge is -2.42. The van der Waals surface area contributed by atoms with Crippen LogP contribution in [0.1, 0.15) is 36.0 Å². The van der Waals surface area contributed by atoms with Gasteiger partial charge in [0.05, 0.1) is 18.4 Å². The van der Waals surface area contributed by atoms with E-state index in [0.717, 1.165) is 92.9 Å². The SMILES string of the molecule is COc1ccccc1-c1ccc(C(=O)N2CCSCC2)c(N2CCC(N3CCCC(CO)C3)CC2)n1. The topological polar surface area (TPSA) is 69.1 Å². The second-order valence-corrected chi connectivity index (χ2v) is 11.3. The summed E-state index contributed by atoms with van der Waals surface area (Å²) in [5.41, 5.74) is 2.47. The van der Waals surface area contributed by atoms with E-state index in [1.54, 1.807) is 7.11 Å². The van der Waals surface area contributed by atoms with Crippen molar-refractivity contribution in [3.8, 4) is 17.0 Å². The molecule has 1 atom stereocenters. The number of para-hydroxylation sites is 1. The summed E-state index contributed by atoms with van der Waals surface area (Å²) in [6.45, 7) is 5.75. The Balaban J connectivity index is 1.40. The number of aliphatic hydroxyl groups is 1. The third kappa shape index (κ3) is 5.50. The average Bonchev–Trinajstić information content (AvgIpc) is 2.97. The minimum Gasteiger partial charge on any atom is -0.496 e. The molecule has 36 heavy (non-hydrogen) atoms. The number of anilines is 1. The quantitative estimate of drug-likeness (QED) is 0.637. The smallest absolute Gasteiger partial charge is 0.257 e. The van der Waals surface area contributed by atoms with E-state index in [2.05, 4.69) is 9.80 Å². The Hall–Kier alpha value is -2.29. The van der Waals surface area contributed by atoms with Crippen LogP contribution in [0, 0.1) is 5.92 Å². The summed E-state index contributed by atoms with van der Waals surface area (Å²) in [7, 11) is 1.68. The standard InChI is InChI=1S/C28H38N4O3S/c1-35-26-7-3-2-6-23(26)25-9-8-24(28(34)31-15-17-36-18-16-31)27(29-25)30-13-10-22(11-14-30)32-12-4-5-21(19-32)20-33/h2-3,6-9,21-22,33H,4-5,10-20H2,1H3. The predicted molar refractivity (Wildman–Crippen MR) is 146 cm³/mol. The van der Waals surface area contributed by atoms with Crippen molar-refractivity contribution in [2.75, 3.05) is 69.4 Å². The molecule has 3 aliphatic rings. The summed E-state index contributed by atoms with van der Waals surface area (Å²) in [4.78, 5) is 25.6. The molecule has 1 unspecified atom stereocenters. The molecule has 8 heteroatoms. The van der Waals surface area contributed by atoms with Gasteiger partial charge in [-0.3, -0.25) is 9.69 Å². The normalized spacial score (nSPS) is 22.0. The molecule has 0 spiro atoms. The molecule has 2 aromatic rings. The van der Waals surface area contributed by atoms with Crippen LogP contribution in [0.3, 0.4) is 0 Å². The number of aliphatic hydroxyl groups excluding tert-OH is 1. The van der Waals surface area contributed by atoms with Crippen molar-refractivity contribution in [1.29, 1.82) is 0 Å². The summed E-state index contributed by atoms with van der Waals surface area (Å²) < 4.78 is 5.60. The van der Waals surface area contributed by atoms with Crippen molar-refractivity contribution in [1.82, 2.24) is 14.8 Å². The second kappa shape index (κ2) is 11.8. The van der Waals surface area contributed by atoms with E-state index < -0.39 is 0 Å². The van der Waals surface area contributed by atoms with Gasteiger partial charge in [-0.2, -0.15) is 11.8 Å². The minimum absolute atomic E-state index is 0.0910. The largest absolute Gasteiger partial charge is 0.496 e. The van der Waals surface area contributed by atoms with Crippen molar-refractivity contribution < 1.29 is 14.6 Å². The van der Waals surface area contributed by atoms with Crippen molar-refractivity contribution in [2.45, 2.75) is 31.7 Å². The average molecular weight is 511 g/mol. The van der Waals surface area contributed by atoms with Gasteiger partial charge >= 0.3 is 0 Å².